The lowest BCUT2D eigenvalue weighted by molar-refractivity contribution is 0.207. The molecule has 0 aliphatic heterocycles. The Hall–Kier alpha value is -3.06. The highest BCUT2D eigenvalue weighted by Gasteiger charge is 2.11. The minimum Gasteiger partial charge on any atom is -0.492 e. The van der Waals surface area contributed by atoms with Gasteiger partial charge in [0.05, 0.1) is 6.54 Å². The third-order valence-corrected chi connectivity index (χ3v) is 5.14. The Balaban J connectivity index is 1.50. The van der Waals surface area contributed by atoms with Crippen LogP contribution in [0, 0.1) is 13.8 Å². The van der Waals surface area contributed by atoms with E-state index in [-0.39, 0.29) is 6.03 Å². The highest BCUT2D eigenvalue weighted by atomic mass is 32.2. The van der Waals surface area contributed by atoms with Gasteiger partial charge in [0.25, 0.3) is 0 Å². The average molecular weight is 409 g/mol. The van der Waals surface area contributed by atoms with E-state index in [0.717, 1.165) is 21.9 Å². The number of nitrogens with zero attached hydrogens (tertiary/aromatic N) is 3. The number of anilines is 1. The van der Waals surface area contributed by atoms with E-state index < -0.39 is 0 Å². The van der Waals surface area contributed by atoms with Crippen molar-refractivity contribution in [1.29, 1.82) is 0 Å². The van der Waals surface area contributed by atoms with Crippen LogP contribution in [0.5, 0.6) is 5.75 Å². The molecule has 3 rings (SSSR count). The maximum Gasteiger partial charge on any atom is 0.321 e. The largest absolute Gasteiger partial charge is 0.492 e. The summed E-state index contributed by atoms with van der Waals surface area (Å²) in [6.07, 6.45) is 3.43. The molecule has 0 radical (unpaired) electrons. The van der Waals surface area contributed by atoms with Crippen LogP contribution in [0.1, 0.15) is 11.1 Å². The van der Waals surface area contributed by atoms with Crippen LogP contribution >= 0.6 is 11.8 Å². The van der Waals surface area contributed by atoms with Gasteiger partial charge in [0.15, 0.2) is 5.16 Å². The number of hydrogen-bond donors (Lipinski definition) is 1. The summed E-state index contributed by atoms with van der Waals surface area (Å²) < 4.78 is 5.69. The van der Waals surface area contributed by atoms with Gasteiger partial charge in [0.1, 0.15) is 12.4 Å². The third-order valence-electron chi connectivity index (χ3n) is 4.25. The number of carbonyl (C=O) groups excluding carboxylic acids is 1. The second kappa shape index (κ2) is 9.93. The Morgan fingerprint density at radius 3 is 2.52 bits per heavy atom. The van der Waals surface area contributed by atoms with E-state index in [1.165, 1.54) is 17.3 Å². The Bertz CT molecular complexity index is 949. The van der Waals surface area contributed by atoms with Crippen molar-refractivity contribution in [3.05, 3.63) is 72.1 Å². The van der Waals surface area contributed by atoms with Gasteiger partial charge in [-0.05, 0) is 67.6 Å². The van der Waals surface area contributed by atoms with Crippen molar-refractivity contribution in [2.45, 2.75) is 23.9 Å². The zero-order valence-electron chi connectivity index (χ0n) is 16.8. The van der Waals surface area contributed by atoms with Gasteiger partial charge in [-0.3, -0.25) is 0 Å². The van der Waals surface area contributed by atoms with E-state index in [1.807, 2.05) is 56.3 Å². The van der Waals surface area contributed by atoms with Crippen molar-refractivity contribution in [1.82, 2.24) is 14.9 Å². The number of aromatic nitrogens is 2. The molecule has 6 nitrogen and oxygen atoms in total. The Morgan fingerprint density at radius 1 is 1.10 bits per heavy atom. The summed E-state index contributed by atoms with van der Waals surface area (Å²) in [7, 11) is 1.75. The molecule has 1 aromatic heterocycles. The summed E-state index contributed by atoms with van der Waals surface area (Å²) in [6, 6.07) is 15.3. The van der Waals surface area contributed by atoms with Gasteiger partial charge in [-0.2, -0.15) is 0 Å². The standard InChI is InChI=1S/C22H24N4O2S/c1-16-5-7-18(8-6-16)28-14-13-26(3)22(27)25-20-10-9-19(15-17(20)2)29-21-23-11-4-12-24-21/h4-12,15H,13-14H2,1-3H3,(H,25,27). The number of rotatable bonds is 7. The fraction of sp³-hybridized carbons (Fsp3) is 0.227. The number of nitrogens with one attached hydrogen (secondary N) is 1. The van der Waals surface area contributed by atoms with E-state index in [1.54, 1.807) is 30.4 Å². The zero-order valence-corrected chi connectivity index (χ0v) is 17.6. The molecule has 2 aromatic carbocycles. The van der Waals surface area contributed by atoms with Crippen molar-refractivity contribution in [2.75, 3.05) is 25.5 Å². The maximum absolute atomic E-state index is 12.5. The molecular weight excluding hydrogens is 384 g/mol. The molecule has 0 bridgehead atoms. The van der Waals surface area contributed by atoms with Crippen LogP contribution in [-0.2, 0) is 0 Å². The van der Waals surface area contributed by atoms with Gasteiger partial charge in [-0.25, -0.2) is 14.8 Å². The number of benzene rings is 2. The first-order valence-corrected chi connectivity index (χ1v) is 10.1. The summed E-state index contributed by atoms with van der Waals surface area (Å²) >= 11 is 1.48. The molecule has 0 atom stereocenters. The molecule has 2 amide bonds. The quantitative estimate of drug-likeness (QED) is 0.570. The van der Waals surface area contributed by atoms with Crippen LogP contribution in [-0.4, -0.2) is 41.1 Å². The molecule has 7 heteroatoms. The molecule has 0 saturated carbocycles. The van der Waals surface area contributed by atoms with Crippen molar-refractivity contribution in [3.8, 4) is 5.75 Å². The van der Waals surface area contributed by atoms with E-state index in [0.29, 0.717) is 18.3 Å². The topological polar surface area (TPSA) is 67.3 Å². The molecule has 0 saturated heterocycles. The minimum atomic E-state index is -0.174. The van der Waals surface area contributed by atoms with Gasteiger partial charge in [0.2, 0.25) is 0 Å². The fourth-order valence-electron chi connectivity index (χ4n) is 2.53. The number of likely N-dealkylation sites (N-methyl/N-ethyl adjacent to an activating group) is 1. The summed E-state index contributed by atoms with van der Waals surface area (Å²) in [5.74, 6) is 0.802. The van der Waals surface area contributed by atoms with Gasteiger partial charge in [-0.1, -0.05) is 17.7 Å². The molecule has 150 valence electrons. The summed E-state index contributed by atoms with van der Waals surface area (Å²) in [5.41, 5.74) is 2.94. The molecule has 29 heavy (non-hydrogen) atoms. The first-order valence-electron chi connectivity index (χ1n) is 9.28. The minimum absolute atomic E-state index is 0.174. The number of hydrogen-bond acceptors (Lipinski definition) is 5. The van der Waals surface area contributed by atoms with Gasteiger partial charge < -0.3 is 15.0 Å². The normalized spacial score (nSPS) is 10.4. The Kier molecular flexibility index (Phi) is 7.08. The van der Waals surface area contributed by atoms with Gasteiger partial charge >= 0.3 is 6.03 Å². The first-order chi connectivity index (χ1) is 14.0. The molecule has 0 aliphatic carbocycles. The number of ether oxygens (including phenoxy) is 1. The van der Waals surface area contributed by atoms with E-state index >= 15 is 0 Å². The summed E-state index contributed by atoms with van der Waals surface area (Å²) in [4.78, 5) is 23.5. The highest BCUT2D eigenvalue weighted by Crippen LogP contribution is 2.28. The van der Waals surface area contributed by atoms with E-state index in [2.05, 4.69) is 15.3 Å². The van der Waals surface area contributed by atoms with Crippen LogP contribution in [0.25, 0.3) is 0 Å². The third kappa shape index (κ3) is 6.22. The number of carbonyl (C=O) groups is 1. The van der Waals surface area contributed by atoms with Crippen LogP contribution in [0.4, 0.5) is 10.5 Å². The lowest BCUT2D eigenvalue weighted by Gasteiger charge is -2.19. The van der Waals surface area contributed by atoms with E-state index in [9.17, 15) is 4.79 Å². The molecule has 0 aliphatic rings. The maximum atomic E-state index is 12.5. The molecule has 0 fully saturated rings. The predicted molar refractivity (Wildman–Crippen MR) is 116 cm³/mol. The second-order valence-corrected chi connectivity index (χ2v) is 7.66. The monoisotopic (exact) mass is 408 g/mol. The smallest absolute Gasteiger partial charge is 0.321 e. The number of amides is 2. The van der Waals surface area contributed by atoms with Crippen molar-refractivity contribution >= 4 is 23.5 Å². The molecule has 0 spiro atoms. The van der Waals surface area contributed by atoms with Gasteiger partial charge in [-0.15, -0.1) is 0 Å². The van der Waals surface area contributed by atoms with Gasteiger partial charge in [0, 0.05) is 30.0 Å². The average Bonchev–Trinajstić information content (AvgIpc) is 2.72. The van der Waals surface area contributed by atoms with Crippen molar-refractivity contribution in [3.63, 3.8) is 0 Å². The lowest BCUT2D eigenvalue weighted by Crippen LogP contribution is -2.34. The van der Waals surface area contributed by atoms with Crippen LogP contribution in [0.15, 0.2) is 71.0 Å². The molecule has 1 N–H and O–H groups in total. The zero-order chi connectivity index (χ0) is 20.6. The molecule has 3 aromatic rings. The number of urea groups is 1. The SMILES string of the molecule is Cc1ccc(OCCN(C)C(=O)Nc2ccc(Sc3ncccn3)cc2C)cc1. The summed E-state index contributed by atoms with van der Waals surface area (Å²) in [5, 5.41) is 3.64. The molecule has 0 unspecified atom stereocenters. The fourth-order valence-corrected chi connectivity index (χ4v) is 3.34. The van der Waals surface area contributed by atoms with Crippen LogP contribution in [0.3, 0.4) is 0 Å². The summed E-state index contributed by atoms with van der Waals surface area (Å²) in [6.45, 7) is 4.91. The first kappa shape index (κ1) is 20.7. The van der Waals surface area contributed by atoms with Crippen molar-refractivity contribution in [2.24, 2.45) is 0 Å². The van der Waals surface area contributed by atoms with Crippen LogP contribution in [0.2, 0.25) is 0 Å². The second-order valence-electron chi connectivity index (χ2n) is 6.62. The number of aryl methyl sites for hydroxylation is 2. The lowest BCUT2D eigenvalue weighted by atomic mass is 10.2. The Morgan fingerprint density at radius 2 is 1.83 bits per heavy atom. The predicted octanol–water partition coefficient (Wildman–Crippen LogP) is 4.79. The van der Waals surface area contributed by atoms with E-state index in [4.69, 9.17) is 4.74 Å². The Labute approximate surface area is 175 Å². The molecule has 1 heterocycles. The highest BCUT2D eigenvalue weighted by molar-refractivity contribution is 7.99. The van der Waals surface area contributed by atoms with Crippen molar-refractivity contribution < 1.29 is 9.53 Å². The van der Waals surface area contributed by atoms with Crippen LogP contribution < -0.4 is 10.1 Å². The molecular formula is C22H24N4O2S.